The van der Waals surface area contributed by atoms with Gasteiger partial charge in [0.1, 0.15) is 11.6 Å². The molecule has 2 heterocycles. The molecular weight excluding hydrogens is 950 g/mol. The number of phenols is 1. The molecule has 0 spiro atoms. The largest absolute Gasteiger partial charge is 0.507 e. The van der Waals surface area contributed by atoms with Gasteiger partial charge in [0.25, 0.3) is 0 Å². The molecule has 8 rings (SSSR count). The number of benzene rings is 6. The van der Waals surface area contributed by atoms with Crippen molar-refractivity contribution >= 4 is 11.0 Å². The van der Waals surface area contributed by atoms with Crippen LogP contribution in [0.15, 0.2) is 140 Å². The van der Waals surface area contributed by atoms with Gasteiger partial charge in [-0.25, -0.2) is 4.98 Å². The number of aromatic hydroxyl groups is 1. The molecule has 0 saturated carbocycles. The Bertz CT molecular complexity index is 3520. The fraction of sp³-hybridized carbons (Fsp3) is 0.276. The maximum Gasteiger partial charge on any atom is 0.148 e. The molecule has 8 aromatic rings. The Balaban J connectivity index is 0.00000946. The van der Waals surface area contributed by atoms with Gasteiger partial charge in [0.05, 0.1) is 16.6 Å². The van der Waals surface area contributed by atoms with E-state index in [4.69, 9.17) is 34.6 Å². The first-order valence-electron chi connectivity index (χ1n) is 29.6. The number of hydrogen-bond acceptors (Lipinski definition) is 3. The Hall–Kier alpha value is -5.57. The SMILES string of the molecule is [2H]C([2H])([2H])C(c1cc(-c2nc3c(-c4[c-]c(-c5cc(-c6ccccc6)ccn5)cc(C(C)(C)C)c4)cccc3n2-c2ccc(-c3ccccc3)c(CC(C)C)c2)c(O)c(C(C([2H])([2H])[2H])(C([2H])([2H])[2H])C([2H])([2H])[2H])c1)(C([2H])([2H])[2H])C([2H])([2H])[2H].[Pt]. The minimum atomic E-state index is -4.12. The topological polar surface area (TPSA) is 50.9 Å². The van der Waals surface area contributed by atoms with E-state index in [0.717, 1.165) is 39.4 Å². The van der Waals surface area contributed by atoms with Crippen LogP contribution in [-0.4, -0.2) is 19.6 Å². The van der Waals surface area contributed by atoms with Gasteiger partial charge in [0, 0.05) is 68.9 Å². The average Bonchev–Trinajstić information content (AvgIpc) is 3.65. The van der Waals surface area contributed by atoms with Gasteiger partial charge in [-0.05, 0) is 92.3 Å². The first-order valence-corrected chi connectivity index (χ1v) is 20.6. The fourth-order valence-corrected chi connectivity index (χ4v) is 7.97. The summed E-state index contributed by atoms with van der Waals surface area (Å²) in [5.41, 5.74) is -3.85. The van der Waals surface area contributed by atoms with Gasteiger partial charge >= 0.3 is 0 Å². The Labute approximate surface area is 415 Å². The van der Waals surface area contributed by atoms with Crippen LogP contribution in [-0.2, 0) is 43.7 Å². The Kier molecular flexibility index (Phi) is 7.68. The summed E-state index contributed by atoms with van der Waals surface area (Å²) in [5, 5.41) is 13.0. The minimum absolute atomic E-state index is 0. The van der Waals surface area contributed by atoms with E-state index in [2.05, 4.69) is 6.07 Å². The second-order valence-electron chi connectivity index (χ2n) is 17.4. The molecule has 0 amide bonds. The molecule has 0 radical (unpaired) electrons. The first kappa shape index (κ1) is 27.6. The summed E-state index contributed by atoms with van der Waals surface area (Å²) in [5.74, 6) is -1.65. The molecule has 2 aromatic heterocycles. The zero-order chi connectivity index (χ0) is 59.1. The fourth-order valence-electron chi connectivity index (χ4n) is 7.97. The van der Waals surface area contributed by atoms with E-state index in [-0.39, 0.29) is 38.0 Å². The number of fused-ring (bicyclic) bond motifs is 1. The number of phenolic OH excluding ortho intramolecular Hbond substituents is 1. The summed E-state index contributed by atoms with van der Waals surface area (Å²) >= 11 is 0. The molecule has 0 aliphatic carbocycles. The zero-order valence-electron chi connectivity index (χ0n) is 53.7. The average molecular weight is 1030 g/mol. The maximum absolute atomic E-state index is 13.0. The Morgan fingerprint density at radius 3 is 1.97 bits per heavy atom. The van der Waals surface area contributed by atoms with Gasteiger partial charge in [0.2, 0.25) is 0 Å². The van der Waals surface area contributed by atoms with E-state index in [9.17, 15) is 5.11 Å². The molecule has 0 aliphatic heterocycles. The van der Waals surface area contributed by atoms with Crippen LogP contribution in [0.25, 0.3) is 72.7 Å². The molecule has 0 bridgehead atoms. The van der Waals surface area contributed by atoms with Crippen LogP contribution in [0.1, 0.15) is 123 Å². The van der Waals surface area contributed by atoms with Crippen LogP contribution in [0.2, 0.25) is 0 Å². The smallest absolute Gasteiger partial charge is 0.148 e. The molecule has 0 unspecified atom stereocenters. The van der Waals surface area contributed by atoms with Crippen LogP contribution in [0.5, 0.6) is 5.75 Å². The van der Waals surface area contributed by atoms with Crippen molar-refractivity contribution in [3.63, 3.8) is 0 Å². The second-order valence-corrected chi connectivity index (χ2v) is 17.4. The van der Waals surface area contributed by atoms with Crippen molar-refractivity contribution in [1.82, 2.24) is 14.5 Å². The minimum Gasteiger partial charge on any atom is -0.507 e. The summed E-state index contributed by atoms with van der Waals surface area (Å²) in [6, 6.07) is 42.3. The molecule has 6 aromatic carbocycles. The first-order chi connectivity index (χ1) is 36.9. The van der Waals surface area contributed by atoms with E-state index in [1.165, 1.54) is 4.57 Å². The van der Waals surface area contributed by atoms with Crippen molar-refractivity contribution in [3.05, 3.63) is 168 Å². The van der Waals surface area contributed by atoms with Gasteiger partial charge < -0.3 is 5.11 Å². The van der Waals surface area contributed by atoms with E-state index < -0.39 is 85.6 Å². The normalized spacial score (nSPS) is 17.6. The monoisotopic (exact) mass is 1030 g/mol. The molecule has 0 aliphatic rings. The number of nitrogens with zero attached hydrogens (tertiary/aromatic N) is 3. The molecule has 1 N–H and O–H groups in total. The number of rotatable bonds is 8. The van der Waals surface area contributed by atoms with Gasteiger partial charge in [-0.15, -0.1) is 29.3 Å². The molecule has 4 nitrogen and oxygen atoms in total. The molecule has 324 valence electrons. The number of imidazole rings is 1. The zero-order valence-corrected chi connectivity index (χ0v) is 37.9. The van der Waals surface area contributed by atoms with Crippen LogP contribution >= 0.6 is 0 Å². The van der Waals surface area contributed by atoms with Gasteiger partial charge in [-0.3, -0.25) is 9.55 Å². The maximum atomic E-state index is 13.0. The molecule has 0 saturated heterocycles. The van der Waals surface area contributed by atoms with Crippen molar-refractivity contribution in [1.29, 1.82) is 0 Å². The molecule has 5 heteroatoms. The van der Waals surface area contributed by atoms with Gasteiger partial charge in [0.15, 0.2) is 0 Å². The number of pyridine rings is 1. The van der Waals surface area contributed by atoms with Crippen molar-refractivity contribution < 1.29 is 50.8 Å². The summed E-state index contributed by atoms with van der Waals surface area (Å²) in [4.78, 5) is 9.92. The summed E-state index contributed by atoms with van der Waals surface area (Å²) < 4.78 is 159. The number of hydrogen-bond donors (Lipinski definition) is 1. The van der Waals surface area contributed by atoms with Crippen LogP contribution < -0.4 is 0 Å². The summed E-state index contributed by atoms with van der Waals surface area (Å²) in [6.45, 7) is -14.3. The third-order valence-corrected chi connectivity index (χ3v) is 11.1. The molecule has 63 heavy (non-hydrogen) atoms. The van der Waals surface area contributed by atoms with Crippen molar-refractivity contribution in [2.24, 2.45) is 5.92 Å². The Morgan fingerprint density at radius 1 is 0.635 bits per heavy atom. The molecule has 0 atom stereocenters. The van der Waals surface area contributed by atoms with Crippen LogP contribution in [0, 0.1) is 12.0 Å². The van der Waals surface area contributed by atoms with E-state index >= 15 is 0 Å². The quantitative estimate of drug-likeness (QED) is 0.154. The van der Waals surface area contributed by atoms with Crippen LogP contribution in [0.4, 0.5) is 0 Å². The third kappa shape index (κ3) is 9.39. The predicted molar refractivity (Wildman–Crippen MR) is 261 cm³/mol. The molecular formula is C58H60N3OPt-. The third-order valence-electron chi connectivity index (χ3n) is 11.1. The van der Waals surface area contributed by atoms with E-state index in [0.29, 0.717) is 40.6 Å². The predicted octanol–water partition coefficient (Wildman–Crippen LogP) is 15.3. The van der Waals surface area contributed by atoms with Crippen LogP contribution in [0.3, 0.4) is 0 Å². The summed E-state index contributed by atoms with van der Waals surface area (Å²) in [6.07, 6.45) is 2.22. The number of aromatic nitrogens is 3. The Morgan fingerprint density at radius 2 is 1.30 bits per heavy atom. The van der Waals surface area contributed by atoms with Gasteiger partial charge in [-0.1, -0.05) is 178 Å². The standard InChI is InChI=1S/C58H60N3O.Pt/c1-37(2)29-41-33-46(25-26-47(41)39-21-16-13-17-22-39)61-52-24-18-23-48(53(52)60-55(61)49-35-45(57(6,7)8)36-50(54(49)62)58(9,10)11)42-30-43(32-44(31-42)56(3,4)5)51-34-40(27-28-59-51)38-19-14-12-15-20-38;/h12-28,31-37,62H,29H2,1-11H3;/q-1;/i6D3,7D3,8D3,9D3,10D3,11D3;. The van der Waals surface area contributed by atoms with Gasteiger partial charge in [-0.2, -0.15) is 0 Å². The van der Waals surface area contributed by atoms with E-state index in [1.807, 2.05) is 132 Å². The van der Waals surface area contributed by atoms with Crippen molar-refractivity contribution in [3.8, 4) is 67.5 Å². The summed E-state index contributed by atoms with van der Waals surface area (Å²) in [7, 11) is 0. The second kappa shape index (κ2) is 17.5. The van der Waals surface area contributed by atoms with Crippen molar-refractivity contribution in [2.45, 2.75) is 98.4 Å². The number of para-hydroxylation sites is 1. The van der Waals surface area contributed by atoms with E-state index in [1.54, 1.807) is 30.5 Å². The molecule has 0 fully saturated rings. The van der Waals surface area contributed by atoms with Crippen molar-refractivity contribution in [2.75, 3.05) is 0 Å².